The van der Waals surface area contributed by atoms with E-state index in [1.165, 1.54) is 31.2 Å². The van der Waals surface area contributed by atoms with Gasteiger partial charge in [0, 0.05) is 11.1 Å². The van der Waals surface area contributed by atoms with Crippen LogP contribution in [0.15, 0.2) is 78.9 Å². The molecule has 198 valence electrons. The van der Waals surface area contributed by atoms with Crippen molar-refractivity contribution in [1.29, 1.82) is 0 Å². The zero-order valence-electron chi connectivity index (χ0n) is 20.7. The van der Waals surface area contributed by atoms with Gasteiger partial charge in [-0.25, -0.2) is 19.2 Å². The molecule has 2 aromatic rings. The summed E-state index contributed by atoms with van der Waals surface area (Å²) in [7, 11) is 0. The van der Waals surface area contributed by atoms with Crippen LogP contribution in [0.25, 0.3) is 0 Å². The van der Waals surface area contributed by atoms with Gasteiger partial charge in [0.2, 0.25) is 0 Å². The summed E-state index contributed by atoms with van der Waals surface area (Å²) in [5.74, 6) is -2.42. The Kier molecular flexibility index (Phi) is 13.5. The van der Waals surface area contributed by atoms with Gasteiger partial charge in [0.1, 0.15) is 38.3 Å². The van der Waals surface area contributed by atoms with Crippen LogP contribution in [0.3, 0.4) is 0 Å². The van der Waals surface area contributed by atoms with Gasteiger partial charge in [-0.15, -0.1) is 0 Å². The van der Waals surface area contributed by atoms with Crippen LogP contribution in [0.2, 0.25) is 0 Å². The second-order valence-corrected chi connectivity index (χ2v) is 7.56. The maximum Gasteiger partial charge on any atom is 0.339 e. The first-order chi connectivity index (χ1) is 17.5. The predicted molar refractivity (Wildman–Crippen MR) is 133 cm³/mol. The molecular weight excluding hydrogens is 484 g/mol. The minimum absolute atomic E-state index is 0.0498. The molecule has 2 aromatic carbocycles. The fourth-order valence-corrected chi connectivity index (χ4v) is 2.37. The number of carboxylic acids is 1. The van der Waals surface area contributed by atoms with E-state index in [0.717, 1.165) is 0 Å². The standard InChI is InChI=1S/C14H14O6.C13H16O4/c1-9(2)13(17)19-7-8-20-14(18)11-6-4-3-5-10(11)12(15)16;1-10(2)13(15)17-9-11(14)8-16-12-6-4-3-5-7-12/h3-6H,1,7-8H2,2H3,(H,15,16);3-7,11,14H,1,8-9H2,2H3. The van der Waals surface area contributed by atoms with E-state index < -0.39 is 30.0 Å². The minimum atomic E-state index is -1.22. The Morgan fingerprint density at radius 2 is 1.27 bits per heavy atom. The molecule has 0 saturated carbocycles. The Bertz CT molecular complexity index is 1090. The molecule has 0 bridgehead atoms. The first-order valence-corrected chi connectivity index (χ1v) is 11.0. The van der Waals surface area contributed by atoms with E-state index >= 15 is 0 Å². The zero-order valence-corrected chi connectivity index (χ0v) is 20.7. The smallest absolute Gasteiger partial charge is 0.339 e. The van der Waals surface area contributed by atoms with Crippen molar-refractivity contribution >= 4 is 23.9 Å². The third kappa shape index (κ3) is 12.2. The van der Waals surface area contributed by atoms with Crippen LogP contribution in [0, 0.1) is 0 Å². The Hall–Kier alpha value is -4.44. The van der Waals surface area contributed by atoms with Crippen molar-refractivity contribution in [3.63, 3.8) is 0 Å². The summed E-state index contributed by atoms with van der Waals surface area (Å²) >= 11 is 0. The molecule has 0 heterocycles. The molecule has 10 heteroatoms. The number of benzene rings is 2. The van der Waals surface area contributed by atoms with Crippen molar-refractivity contribution in [3.05, 3.63) is 90.0 Å². The van der Waals surface area contributed by atoms with Gasteiger partial charge in [0.25, 0.3) is 0 Å². The Balaban J connectivity index is 0.000000375. The van der Waals surface area contributed by atoms with E-state index in [0.29, 0.717) is 11.3 Å². The van der Waals surface area contributed by atoms with E-state index in [1.807, 2.05) is 18.2 Å². The van der Waals surface area contributed by atoms with Gasteiger partial charge in [0.05, 0.1) is 11.1 Å². The van der Waals surface area contributed by atoms with Crippen LogP contribution < -0.4 is 4.74 Å². The monoisotopic (exact) mass is 514 g/mol. The summed E-state index contributed by atoms with van der Waals surface area (Å²) in [5, 5.41) is 18.4. The quantitative estimate of drug-likeness (QED) is 0.187. The normalized spacial score (nSPS) is 10.6. The number of carbonyl (C=O) groups is 4. The minimum Gasteiger partial charge on any atom is -0.491 e. The van der Waals surface area contributed by atoms with E-state index in [-0.39, 0.29) is 43.1 Å². The number of ether oxygens (including phenoxy) is 4. The number of hydrogen-bond acceptors (Lipinski definition) is 9. The second-order valence-electron chi connectivity index (χ2n) is 7.56. The maximum atomic E-state index is 11.7. The van der Waals surface area contributed by atoms with Gasteiger partial charge in [-0.2, -0.15) is 0 Å². The van der Waals surface area contributed by atoms with Crippen molar-refractivity contribution in [2.45, 2.75) is 20.0 Å². The highest BCUT2D eigenvalue weighted by Crippen LogP contribution is 2.10. The molecule has 0 radical (unpaired) electrons. The lowest BCUT2D eigenvalue weighted by Gasteiger charge is -2.12. The highest BCUT2D eigenvalue weighted by Gasteiger charge is 2.17. The summed E-state index contributed by atoms with van der Waals surface area (Å²) in [6.45, 7) is 9.59. The number of aromatic carboxylic acids is 1. The number of aliphatic hydroxyl groups is 1. The van der Waals surface area contributed by atoms with Gasteiger partial charge in [-0.05, 0) is 38.1 Å². The van der Waals surface area contributed by atoms with Crippen molar-refractivity contribution in [2.75, 3.05) is 26.4 Å². The van der Waals surface area contributed by atoms with E-state index in [1.54, 1.807) is 19.1 Å². The summed E-state index contributed by atoms with van der Waals surface area (Å²) in [5.41, 5.74) is 0.358. The molecule has 0 aromatic heterocycles. The maximum absolute atomic E-state index is 11.7. The third-order valence-corrected chi connectivity index (χ3v) is 4.22. The fraction of sp³-hybridized carbons (Fsp3) is 0.259. The summed E-state index contributed by atoms with van der Waals surface area (Å²) < 4.78 is 19.7. The molecule has 0 amide bonds. The first kappa shape index (κ1) is 30.6. The molecule has 0 aliphatic rings. The van der Waals surface area contributed by atoms with Gasteiger partial charge >= 0.3 is 23.9 Å². The fourth-order valence-electron chi connectivity index (χ4n) is 2.37. The van der Waals surface area contributed by atoms with Gasteiger partial charge in [-0.3, -0.25) is 0 Å². The van der Waals surface area contributed by atoms with Crippen molar-refractivity contribution in [1.82, 2.24) is 0 Å². The first-order valence-electron chi connectivity index (χ1n) is 11.0. The zero-order chi connectivity index (χ0) is 27.8. The predicted octanol–water partition coefficient (Wildman–Crippen LogP) is 3.21. The van der Waals surface area contributed by atoms with Crippen molar-refractivity contribution < 1.29 is 48.3 Å². The molecular formula is C27H30O10. The molecule has 1 atom stereocenters. The number of rotatable bonds is 12. The van der Waals surface area contributed by atoms with E-state index in [4.69, 9.17) is 24.1 Å². The number of carbonyl (C=O) groups excluding carboxylic acids is 3. The molecule has 1 unspecified atom stereocenters. The van der Waals surface area contributed by atoms with Gasteiger partial charge in [-0.1, -0.05) is 43.5 Å². The summed E-state index contributed by atoms with van der Waals surface area (Å²) in [6, 6.07) is 14.8. The van der Waals surface area contributed by atoms with Crippen LogP contribution in [-0.2, 0) is 23.8 Å². The average Bonchev–Trinajstić information content (AvgIpc) is 2.88. The van der Waals surface area contributed by atoms with Crippen molar-refractivity contribution in [3.8, 4) is 5.75 Å². The number of esters is 3. The number of aliphatic hydroxyl groups excluding tert-OH is 1. The highest BCUT2D eigenvalue weighted by atomic mass is 16.6. The lowest BCUT2D eigenvalue weighted by molar-refractivity contribution is -0.142. The Morgan fingerprint density at radius 3 is 1.84 bits per heavy atom. The molecule has 10 nitrogen and oxygen atoms in total. The lowest BCUT2D eigenvalue weighted by atomic mass is 10.1. The van der Waals surface area contributed by atoms with Crippen LogP contribution in [0.1, 0.15) is 34.6 Å². The molecule has 0 spiro atoms. The van der Waals surface area contributed by atoms with Crippen molar-refractivity contribution in [2.24, 2.45) is 0 Å². The van der Waals surface area contributed by atoms with Crippen LogP contribution in [0.4, 0.5) is 0 Å². The van der Waals surface area contributed by atoms with Crippen LogP contribution in [-0.4, -0.2) is 66.6 Å². The van der Waals surface area contributed by atoms with Gasteiger partial charge < -0.3 is 29.2 Å². The van der Waals surface area contributed by atoms with E-state index in [9.17, 15) is 24.3 Å². The number of carboxylic acid groups (broad SMARTS) is 1. The highest BCUT2D eigenvalue weighted by molar-refractivity contribution is 6.02. The third-order valence-electron chi connectivity index (χ3n) is 4.22. The topological polar surface area (TPSA) is 146 Å². The number of hydrogen-bond donors (Lipinski definition) is 2. The SMILES string of the molecule is C=C(C)C(=O)OCC(O)COc1ccccc1.C=C(C)C(=O)OCCOC(=O)c1ccccc1C(=O)O. The average molecular weight is 515 g/mol. The van der Waals surface area contributed by atoms with E-state index in [2.05, 4.69) is 13.2 Å². The number of para-hydroxylation sites is 1. The van der Waals surface area contributed by atoms with Gasteiger partial charge in [0.15, 0.2) is 0 Å². The molecule has 37 heavy (non-hydrogen) atoms. The molecule has 0 saturated heterocycles. The largest absolute Gasteiger partial charge is 0.491 e. The Labute approximate surface area is 214 Å². The summed E-state index contributed by atoms with van der Waals surface area (Å²) in [4.78, 5) is 44.7. The van der Waals surface area contributed by atoms with Crippen LogP contribution >= 0.6 is 0 Å². The molecule has 2 rings (SSSR count). The summed E-state index contributed by atoms with van der Waals surface area (Å²) in [6.07, 6.45) is -0.849. The molecule has 0 aliphatic heterocycles. The van der Waals surface area contributed by atoms with Crippen LogP contribution in [0.5, 0.6) is 5.75 Å². The lowest BCUT2D eigenvalue weighted by Crippen LogP contribution is -2.25. The molecule has 0 fully saturated rings. The molecule has 2 N–H and O–H groups in total. The molecule has 0 aliphatic carbocycles. The second kappa shape index (κ2) is 16.3. The Morgan fingerprint density at radius 1 is 0.757 bits per heavy atom.